The first kappa shape index (κ1) is 14.1. The zero-order valence-electron chi connectivity index (χ0n) is 11.6. The lowest BCUT2D eigenvalue weighted by atomic mass is 10.0. The largest absolute Gasteiger partial charge is 0.369 e. The molecule has 1 heterocycles. The third-order valence-electron chi connectivity index (χ3n) is 3.58. The van der Waals surface area contributed by atoms with Gasteiger partial charge >= 0.3 is 0 Å². The molecule has 2 N–H and O–H groups in total. The molecule has 0 aromatic heterocycles. The Morgan fingerprint density at radius 2 is 2.10 bits per heavy atom. The van der Waals surface area contributed by atoms with Crippen molar-refractivity contribution in [2.45, 2.75) is 13.0 Å². The quantitative estimate of drug-likeness (QED) is 0.898. The molecule has 0 radical (unpaired) electrons. The van der Waals surface area contributed by atoms with E-state index in [2.05, 4.69) is 20.9 Å². The summed E-state index contributed by atoms with van der Waals surface area (Å²) in [6.45, 7) is 2.54. The fourth-order valence-electron chi connectivity index (χ4n) is 2.59. The summed E-state index contributed by atoms with van der Waals surface area (Å²) >= 11 is 3.49. The van der Waals surface area contributed by atoms with Crippen LogP contribution in [0.4, 0.5) is 10.1 Å². The van der Waals surface area contributed by atoms with E-state index in [0.717, 1.165) is 21.3 Å². The average Bonchev–Trinajstić information content (AvgIpc) is 2.83. The maximum atomic E-state index is 13.6. The summed E-state index contributed by atoms with van der Waals surface area (Å²) in [6, 6.07) is 12.6. The Morgan fingerprint density at radius 1 is 1.29 bits per heavy atom. The third-order valence-corrected chi connectivity index (χ3v) is 4.30. The Hall–Kier alpha value is -1.88. The van der Waals surface area contributed by atoms with Crippen molar-refractivity contribution in [1.82, 2.24) is 0 Å². The van der Waals surface area contributed by atoms with Crippen LogP contribution in [0.1, 0.15) is 17.2 Å². The monoisotopic (exact) mass is 347 g/mol. The number of guanidine groups is 1. The van der Waals surface area contributed by atoms with E-state index in [0.29, 0.717) is 12.5 Å². The lowest BCUT2D eigenvalue weighted by Gasteiger charge is -2.27. The maximum absolute atomic E-state index is 13.6. The van der Waals surface area contributed by atoms with Crippen molar-refractivity contribution in [3.63, 3.8) is 0 Å². The summed E-state index contributed by atoms with van der Waals surface area (Å²) in [5.74, 6) is 0.199. The highest BCUT2D eigenvalue weighted by Gasteiger charge is 2.30. The number of aryl methyl sites for hydroxylation is 1. The van der Waals surface area contributed by atoms with Gasteiger partial charge in [-0.1, -0.05) is 28.1 Å². The van der Waals surface area contributed by atoms with Crippen molar-refractivity contribution in [3.8, 4) is 0 Å². The standard InChI is InChI=1S/C16H15BrFN3/c1-10-3-2-4-12(7-10)21-15(9-20-16(21)19)13-8-11(18)5-6-14(13)17/h2-8,15H,9H2,1H3,(H2,19,20). The van der Waals surface area contributed by atoms with E-state index >= 15 is 0 Å². The van der Waals surface area contributed by atoms with E-state index in [4.69, 9.17) is 5.73 Å². The number of nitrogens with zero attached hydrogens (tertiary/aromatic N) is 2. The molecule has 1 atom stereocenters. The van der Waals surface area contributed by atoms with Crippen molar-refractivity contribution in [2.24, 2.45) is 10.7 Å². The van der Waals surface area contributed by atoms with Crippen molar-refractivity contribution >= 4 is 27.6 Å². The zero-order chi connectivity index (χ0) is 15.0. The molecule has 0 spiro atoms. The predicted molar refractivity (Wildman–Crippen MR) is 87.0 cm³/mol. The van der Waals surface area contributed by atoms with Crippen LogP contribution in [0.3, 0.4) is 0 Å². The van der Waals surface area contributed by atoms with E-state index in [9.17, 15) is 4.39 Å². The molecule has 0 saturated heterocycles. The average molecular weight is 348 g/mol. The van der Waals surface area contributed by atoms with Crippen LogP contribution >= 0.6 is 15.9 Å². The van der Waals surface area contributed by atoms with E-state index in [1.54, 1.807) is 6.07 Å². The molecule has 1 unspecified atom stereocenters. The normalized spacial score (nSPS) is 18.0. The summed E-state index contributed by atoms with van der Waals surface area (Å²) < 4.78 is 14.4. The summed E-state index contributed by atoms with van der Waals surface area (Å²) in [5, 5.41) is 0. The van der Waals surface area contributed by atoms with Crippen LogP contribution in [0.5, 0.6) is 0 Å². The van der Waals surface area contributed by atoms with Gasteiger partial charge in [0.25, 0.3) is 0 Å². The topological polar surface area (TPSA) is 41.6 Å². The number of halogens is 2. The van der Waals surface area contributed by atoms with Crippen LogP contribution in [0.2, 0.25) is 0 Å². The lowest BCUT2D eigenvalue weighted by molar-refractivity contribution is 0.620. The van der Waals surface area contributed by atoms with Gasteiger partial charge in [-0.05, 0) is 48.4 Å². The number of hydrogen-bond donors (Lipinski definition) is 1. The molecular weight excluding hydrogens is 333 g/mol. The van der Waals surface area contributed by atoms with Gasteiger partial charge in [0.1, 0.15) is 5.82 Å². The summed E-state index contributed by atoms with van der Waals surface area (Å²) in [6.07, 6.45) is 0. The molecule has 0 fully saturated rings. The first-order valence-electron chi connectivity index (χ1n) is 6.67. The predicted octanol–water partition coefficient (Wildman–Crippen LogP) is 3.77. The van der Waals surface area contributed by atoms with Gasteiger partial charge in [0.2, 0.25) is 0 Å². The second-order valence-corrected chi connectivity index (χ2v) is 5.94. The van der Waals surface area contributed by atoms with Crippen molar-refractivity contribution in [1.29, 1.82) is 0 Å². The summed E-state index contributed by atoms with van der Waals surface area (Å²) in [5.41, 5.74) is 9.00. The van der Waals surface area contributed by atoms with Crippen LogP contribution in [-0.4, -0.2) is 12.5 Å². The number of anilines is 1. The van der Waals surface area contributed by atoms with Gasteiger partial charge in [-0.2, -0.15) is 0 Å². The van der Waals surface area contributed by atoms with Crippen LogP contribution < -0.4 is 10.6 Å². The zero-order valence-corrected chi connectivity index (χ0v) is 13.1. The molecule has 0 aliphatic carbocycles. The minimum atomic E-state index is -0.261. The van der Waals surface area contributed by atoms with Gasteiger partial charge in [0, 0.05) is 10.2 Å². The molecule has 1 aliphatic rings. The molecular formula is C16H15BrFN3. The van der Waals surface area contributed by atoms with Crippen LogP contribution in [0.25, 0.3) is 0 Å². The van der Waals surface area contributed by atoms with Crippen molar-refractivity contribution in [3.05, 3.63) is 63.9 Å². The molecule has 3 nitrogen and oxygen atoms in total. The highest BCUT2D eigenvalue weighted by Crippen LogP contribution is 2.35. The Kier molecular flexibility index (Phi) is 3.68. The van der Waals surface area contributed by atoms with E-state index < -0.39 is 0 Å². The number of hydrogen-bond acceptors (Lipinski definition) is 3. The van der Waals surface area contributed by atoms with E-state index in [1.165, 1.54) is 12.1 Å². The number of nitrogens with two attached hydrogens (primary N) is 1. The van der Waals surface area contributed by atoms with Crippen molar-refractivity contribution in [2.75, 3.05) is 11.4 Å². The van der Waals surface area contributed by atoms with Crippen LogP contribution in [0, 0.1) is 12.7 Å². The van der Waals surface area contributed by atoms with E-state index in [-0.39, 0.29) is 11.9 Å². The molecule has 3 rings (SSSR count). The Bertz CT molecular complexity index is 714. The van der Waals surface area contributed by atoms with Gasteiger partial charge in [0.05, 0.1) is 12.6 Å². The molecule has 21 heavy (non-hydrogen) atoms. The number of rotatable bonds is 2. The summed E-state index contributed by atoms with van der Waals surface area (Å²) in [7, 11) is 0. The first-order valence-corrected chi connectivity index (χ1v) is 7.46. The molecule has 5 heteroatoms. The molecule has 0 amide bonds. The lowest BCUT2D eigenvalue weighted by Crippen LogP contribution is -2.36. The van der Waals surface area contributed by atoms with Crippen molar-refractivity contribution < 1.29 is 4.39 Å². The van der Waals surface area contributed by atoms with Gasteiger partial charge < -0.3 is 10.6 Å². The van der Waals surface area contributed by atoms with Gasteiger partial charge in [-0.25, -0.2) is 4.39 Å². The van der Waals surface area contributed by atoms with Crippen LogP contribution in [-0.2, 0) is 0 Å². The third kappa shape index (κ3) is 2.65. The Labute approximate surface area is 131 Å². The Morgan fingerprint density at radius 3 is 2.86 bits per heavy atom. The number of benzene rings is 2. The fraction of sp³-hybridized carbons (Fsp3) is 0.188. The van der Waals surface area contributed by atoms with Gasteiger partial charge in [-0.15, -0.1) is 0 Å². The minimum absolute atomic E-state index is 0.100. The molecule has 2 aromatic rings. The molecule has 0 saturated carbocycles. The smallest absolute Gasteiger partial charge is 0.196 e. The van der Waals surface area contributed by atoms with E-state index in [1.807, 2.05) is 36.1 Å². The first-order chi connectivity index (χ1) is 10.1. The summed E-state index contributed by atoms with van der Waals surface area (Å²) in [4.78, 5) is 6.28. The highest BCUT2D eigenvalue weighted by molar-refractivity contribution is 9.10. The molecule has 108 valence electrons. The second-order valence-electron chi connectivity index (χ2n) is 5.09. The Balaban J connectivity index is 2.05. The number of aliphatic imine (C=N–C) groups is 1. The highest BCUT2D eigenvalue weighted by atomic mass is 79.9. The maximum Gasteiger partial charge on any atom is 0.196 e. The van der Waals surface area contributed by atoms with Gasteiger partial charge in [0.15, 0.2) is 5.96 Å². The SMILES string of the molecule is Cc1cccc(N2C(N)=NCC2c2cc(F)ccc2Br)c1. The fourth-order valence-corrected chi connectivity index (χ4v) is 3.11. The minimum Gasteiger partial charge on any atom is -0.369 e. The second kappa shape index (κ2) is 5.48. The molecule has 0 bridgehead atoms. The van der Waals surface area contributed by atoms with Gasteiger partial charge in [-0.3, -0.25) is 4.99 Å². The molecule has 2 aromatic carbocycles. The van der Waals surface area contributed by atoms with Crippen LogP contribution in [0.15, 0.2) is 51.9 Å². The molecule has 1 aliphatic heterocycles.